The fraction of sp³-hybridized carbons (Fsp3) is 0.648. The third-order valence-corrected chi connectivity index (χ3v) is 16.2. The number of hydrogen-bond donors (Lipinski definition) is 4. The highest BCUT2D eigenvalue weighted by Gasteiger charge is 2.65. The number of carbonyl (C=O) groups is 2. The average molecular weight is 993 g/mol. The first kappa shape index (κ1) is 55.0. The van der Waals surface area contributed by atoms with Gasteiger partial charge in [-0.15, -0.1) is 6.58 Å². The number of hydrogen-bond acceptors (Lipinski definition) is 12. The Balaban J connectivity index is 1.40. The van der Waals surface area contributed by atoms with Crippen LogP contribution in [0.3, 0.4) is 0 Å². The van der Waals surface area contributed by atoms with Gasteiger partial charge in [0, 0.05) is 63.7 Å². The van der Waals surface area contributed by atoms with Gasteiger partial charge in [-0.3, -0.25) is 4.79 Å². The molecule has 1 saturated heterocycles. The molecule has 2 aliphatic carbocycles. The van der Waals surface area contributed by atoms with Crippen molar-refractivity contribution in [3.63, 3.8) is 0 Å². The van der Waals surface area contributed by atoms with Crippen molar-refractivity contribution < 1.29 is 52.0 Å². The number of nitrogens with zero attached hydrogens (tertiary/aromatic N) is 2. The van der Waals surface area contributed by atoms with Crippen molar-refractivity contribution in [2.24, 2.45) is 22.9 Å². The quantitative estimate of drug-likeness (QED) is 0.0344. The molecular formula is C54H80N4O11S. The van der Waals surface area contributed by atoms with Crippen LogP contribution in [0, 0.1) is 17.8 Å². The summed E-state index contributed by atoms with van der Waals surface area (Å²) >= 11 is 0. The number of anilines is 1. The third-order valence-electron chi connectivity index (χ3n) is 14.4. The van der Waals surface area contributed by atoms with E-state index < -0.39 is 46.1 Å². The van der Waals surface area contributed by atoms with Crippen LogP contribution in [0.15, 0.2) is 76.8 Å². The zero-order valence-electron chi connectivity index (χ0n) is 41.9. The van der Waals surface area contributed by atoms with Crippen molar-refractivity contribution in [2.75, 3.05) is 45.3 Å². The minimum absolute atomic E-state index is 0.00474. The fourth-order valence-electron chi connectivity index (χ4n) is 10.9. The Bertz CT molecular complexity index is 2160. The first-order valence-electron chi connectivity index (χ1n) is 26.1. The van der Waals surface area contributed by atoms with Crippen LogP contribution in [0.4, 0.5) is 10.5 Å². The van der Waals surface area contributed by atoms with E-state index in [0.717, 1.165) is 56.1 Å². The lowest BCUT2D eigenvalue weighted by Gasteiger charge is -2.59. The van der Waals surface area contributed by atoms with Gasteiger partial charge in [-0.25, -0.2) is 13.2 Å². The predicted octanol–water partition coefficient (Wildman–Crippen LogP) is 10.1. The molecule has 388 valence electrons. The van der Waals surface area contributed by atoms with Gasteiger partial charge in [-0.1, -0.05) is 94.9 Å². The number of fused-ring (bicyclic) bond motifs is 2. The highest BCUT2D eigenvalue weighted by Crippen LogP contribution is 2.62. The summed E-state index contributed by atoms with van der Waals surface area (Å²) in [6, 6.07) is 10.3. The number of carbonyl (C=O) groups excluding carboxylic acids is 2. The minimum atomic E-state index is -4.28. The summed E-state index contributed by atoms with van der Waals surface area (Å²) in [5.41, 5.74) is 2.59. The van der Waals surface area contributed by atoms with E-state index in [0.29, 0.717) is 68.2 Å². The van der Waals surface area contributed by atoms with Crippen LogP contribution in [0.5, 0.6) is 11.5 Å². The van der Waals surface area contributed by atoms with E-state index in [2.05, 4.69) is 30.2 Å². The van der Waals surface area contributed by atoms with Gasteiger partial charge in [-0.05, 0) is 105 Å². The number of likely N-dealkylation sites (N-methyl/N-ethyl adjacent to an activating group) is 1. The maximum absolute atomic E-state index is 14.9. The van der Waals surface area contributed by atoms with Crippen molar-refractivity contribution in [3.8, 4) is 11.5 Å². The number of rotatable bonds is 29. The van der Waals surface area contributed by atoms with Gasteiger partial charge in [0.15, 0.2) is 0 Å². The van der Waals surface area contributed by atoms with Crippen LogP contribution in [0.1, 0.15) is 154 Å². The number of aliphatic hydroxyl groups is 2. The van der Waals surface area contributed by atoms with E-state index in [1.165, 1.54) is 75.4 Å². The normalized spacial score (nSPS) is 24.5. The molecule has 4 N–H and O–H groups in total. The van der Waals surface area contributed by atoms with Crippen LogP contribution in [-0.2, 0) is 29.1 Å². The minimum Gasteiger partial charge on any atom is -0.460 e. The summed E-state index contributed by atoms with van der Waals surface area (Å²) in [4.78, 5) is 31.4. The van der Waals surface area contributed by atoms with Gasteiger partial charge < -0.3 is 44.6 Å². The highest BCUT2D eigenvalue weighted by molar-refractivity contribution is 7.89. The molecule has 16 heteroatoms. The maximum atomic E-state index is 14.9. The number of sulfonamides is 1. The molecule has 15 nitrogen and oxygen atoms in total. The molecule has 2 amide bonds. The van der Waals surface area contributed by atoms with Gasteiger partial charge in [0.25, 0.3) is 0 Å². The summed E-state index contributed by atoms with van der Waals surface area (Å²) in [6.07, 6.45) is 21.3. The standard InChI is InChI=1S/C54H80N4O11S/c1-5-7-8-9-10-11-12-13-14-18-31-55-53(62)67-42-27-30-48-46(37-42)51-44(23-16-20-33-60)40(22-15-19-32-59)36-45-47(57-69-50-24-17-21-35-65-50)38-49(54(68-48,52(45)51)66-34-6-2)58(4)70(63,64)43-28-25-41(26-29-43)56-39(3)61/h6,25-30,36-37,40,44,49-52,59-60H,2,5,7-24,31-35,38H2,1,3-4H3,(H,55,62)(H,56,61)/t40-,44+,49-,50?,51+,52+,54+/m0/s1. The van der Waals surface area contributed by atoms with Crippen molar-refractivity contribution in [2.45, 2.75) is 171 Å². The molecule has 2 aromatic carbocycles. The Hall–Kier alpha value is -4.32. The van der Waals surface area contributed by atoms with E-state index in [9.17, 15) is 28.2 Å². The molecule has 4 aliphatic rings. The van der Waals surface area contributed by atoms with E-state index in [-0.39, 0.29) is 48.9 Å². The van der Waals surface area contributed by atoms with Crippen LogP contribution < -0.4 is 20.1 Å². The molecule has 2 fully saturated rings. The van der Waals surface area contributed by atoms with E-state index in [4.69, 9.17) is 28.9 Å². The van der Waals surface area contributed by atoms with E-state index in [1.807, 2.05) is 6.07 Å². The van der Waals surface area contributed by atoms with Crippen LogP contribution in [0.25, 0.3) is 0 Å². The number of nitrogens with one attached hydrogen (secondary N) is 2. The topological polar surface area (TPSA) is 195 Å². The van der Waals surface area contributed by atoms with E-state index >= 15 is 0 Å². The SMILES string of the molecule is C=CCO[C@@]12Oc3ccc(OC(=O)NCCCCCCCCCCCC)cc3[C@H]3[C@H](CCCCO)[C@@H](CCCCO)C=C(C(=NOC4CCCCO4)C[C@@H]1N(C)S(=O)(=O)c1ccc(NC(C)=O)cc1)[C@H]32. The van der Waals surface area contributed by atoms with Crippen molar-refractivity contribution in [1.82, 2.24) is 9.62 Å². The van der Waals surface area contributed by atoms with Gasteiger partial charge >= 0.3 is 6.09 Å². The van der Waals surface area contributed by atoms with Crippen LogP contribution in [0.2, 0.25) is 0 Å². The second-order valence-electron chi connectivity index (χ2n) is 19.4. The number of allylic oxidation sites excluding steroid dienone is 1. The second-order valence-corrected chi connectivity index (χ2v) is 21.4. The Kier molecular flexibility index (Phi) is 21.6. The predicted molar refractivity (Wildman–Crippen MR) is 271 cm³/mol. The molecule has 1 saturated carbocycles. The van der Waals surface area contributed by atoms with Crippen molar-refractivity contribution in [1.29, 1.82) is 0 Å². The van der Waals surface area contributed by atoms with Crippen LogP contribution in [-0.4, -0.2) is 98.8 Å². The second kappa shape index (κ2) is 27.5. The zero-order chi connectivity index (χ0) is 49.9. The third kappa shape index (κ3) is 14.2. The molecular weight excluding hydrogens is 913 g/mol. The molecule has 7 atom stereocenters. The number of amides is 2. The maximum Gasteiger partial charge on any atom is 0.412 e. The lowest BCUT2D eigenvalue weighted by atomic mass is 9.55. The lowest BCUT2D eigenvalue weighted by Crippen LogP contribution is -2.69. The zero-order valence-corrected chi connectivity index (χ0v) is 42.7. The molecule has 70 heavy (non-hydrogen) atoms. The summed E-state index contributed by atoms with van der Waals surface area (Å²) in [7, 11) is -2.75. The molecule has 2 aliphatic heterocycles. The van der Waals surface area contributed by atoms with Gasteiger partial charge in [0.1, 0.15) is 11.5 Å². The average Bonchev–Trinajstić information content (AvgIpc) is 3.35. The first-order chi connectivity index (χ1) is 34.0. The molecule has 0 aromatic heterocycles. The molecule has 2 heterocycles. The summed E-state index contributed by atoms with van der Waals surface area (Å²) < 4.78 is 57.3. The van der Waals surface area contributed by atoms with Crippen molar-refractivity contribution >= 4 is 33.4 Å². The number of benzene rings is 2. The molecule has 0 radical (unpaired) electrons. The summed E-state index contributed by atoms with van der Waals surface area (Å²) in [6.45, 7) is 8.76. The molecule has 0 spiro atoms. The Labute approximate surface area is 416 Å². The Morgan fingerprint density at radius 3 is 2.29 bits per heavy atom. The molecule has 1 unspecified atom stereocenters. The van der Waals surface area contributed by atoms with Gasteiger partial charge in [0.2, 0.25) is 28.0 Å². The highest BCUT2D eigenvalue weighted by atomic mass is 32.2. The number of unbranched alkanes of at least 4 members (excludes halogenated alkanes) is 11. The molecule has 0 bridgehead atoms. The molecule has 2 aromatic rings. The van der Waals surface area contributed by atoms with Gasteiger partial charge in [-0.2, -0.15) is 4.31 Å². The van der Waals surface area contributed by atoms with Crippen molar-refractivity contribution in [3.05, 3.63) is 72.3 Å². The fourth-order valence-corrected chi connectivity index (χ4v) is 12.2. The van der Waals surface area contributed by atoms with Crippen LogP contribution >= 0.6 is 0 Å². The monoisotopic (exact) mass is 993 g/mol. The number of aliphatic hydroxyl groups excluding tert-OH is 2. The first-order valence-corrected chi connectivity index (χ1v) is 27.6. The smallest absolute Gasteiger partial charge is 0.412 e. The molecule has 6 rings (SSSR count). The largest absolute Gasteiger partial charge is 0.460 e. The van der Waals surface area contributed by atoms with Gasteiger partial charge in [0.05, 0.1) is 35.8 Å². The summed E-state index contributed by atoms with van der Waals surface area (Å²) in [5, 5.41) is 30.4. The summed E-state index contributed by atoms with van der Waals surface area (Å²) in [5.74, 6) is -2.29. The Morgan fingerprint density at radius 2 is 1.63 bits per heavy atom. The Morgan fingerprint density at radius 1 is 0.929 bits per heavy atom. The lowest BCUT2D eigenvalue weighted by molar-refractivity contribution is -0.250. The number of oxime groups is 1. The van der Waals surface area contributed by atoms with E-state index in [1.54, 1.807) is 30.3 Å². The number of ether oxygens (including phenoxy) is 4.